The van der Waals surface area contributed by atoms with E-state index in [0.29, 0.717) is 18.8 Å². The summed E-state index contributed by atoms with van der Waals surface area (Å²) in [5, 5.41) is 6.60. The number of benzene rings is 1. The van der Waals surface area contributed by atoms with Gasteiger partial charge < -0.3 is 5.32 Å². The van der Waals surface area contributed by atoms with E-state index in [4.69, 9.17) is 11.6 Å². The fourth-order valence-electron chi connectivity index (χ4n) is 1.60. The Hall–Kier alpha value is -1.69. The molecule has 0 aliphatic rings. The van der Waals surface area contributed by atoms with E-state index < -0.39 is 11.7 Å². The Morgan fingerprint density at radius 2 is 2.11 bits per heavy atom. The Morgan fingerprint density at radius 1 is 1.32 bits per heavy atom. The van der Waals surface area contributed by atoms with Crippen LogP contribution in [0.25, 0.3) is 0 Å². The van der Waals surface area contributed by atoms with Gasteiger partial charge in [-0.1, -0.05) is 11.6 Å². The Balaban J connectivity index is 2.01. The highest BCUT2D eigenvalue weighted by Crippen LogP contribution is 2.36. The molecule has 1 aromatic carbocycles. The summed E-state index contributed by atoms with van der Waals surface area (Å²) in [6, 6.07) is 5.54. The Bertz CT molecular complexity index is 538. The van der Waals surface area contributed by atoms with E-state index >= 15 is 0 Å². The van der Waals surface area contributed by atoms with Crippen LogP contribution in [0.2, 0.25) is 5.02 Å². The maximum absolute atomic E-state index is 12.6. The van der Waals surface area contributed by atoms with Gasteiger partial charge in [-0.05, 0) is 24.3 Å². The summed E-state index contributed by atoms with van der Waals surface area (Å²) in [5.41, 5.74) is -0.456. The standard InChI is InChI=1S/C12H11ClF3N3/c13-11-3-2-9(8-10(11)12(14,15)16)17-5-7-19-6-1-4-18-19/h1-4,6,8,17H,5,7H2. The van der Waals surface area contributed by atoms with Crippen LogP contribution in [-0.4, -0.2) is 16.3 Å². The number of anilines is 1. The first-order valence-corrected chi connectivity index (χ1v) is 5.92. The van der Waals surface area contributed by atoms with Gasteiger partial charge in [0, 0.05) is 24.6 Å². The maximum atomic E-state index is 12.6. The van der Waals surface area contributed by atoms with Crippen molar-refractivity contribution in [2.75, 3.05) is 11.9 Å². The summed E-state index contributed by atoms with van der Waals surface area (Å²) in [6.45, 7) is 1.04. The summed E-state index contributed by atoms with van der Waals surface area (Å²) >= 11 is 5.53. The molecule has 0 bridgehead atoms. The molecule has 0 saturated heterocycles. The highest BCUT2D eigenvalue weighted by molar-refractivity contribution is 6.31. The first-order valence-electron chi connectivity index (χ1n) is 5.55. The minimum atomic E-state index is -4.45. The Kier molecular flexibility index (Phi) is 3.99. The molecule has 0 spiro atoms. The molecule has 7 heteroatoms. The lowest BCUT2D eigenvalue weighted by atomic mass is 10.2. The third-order valence-electron chi connectivity index (χ3n) is 2.50. The van der Waals surface area contributed by atoms with Gasteiger partial charge in [-0.15, -0.1) is 0 Å². The van der Waals surface area contributed by atoms with Gasteiger partial charge in [0.25, 0.3) is 0 Å². The molecule has 0 atom stereocenters. The van der Waals surface area contributed by atoms with Gasteiger partial charge in [-0.3, -0.25) is 4.68 Å². The molecule has 19 heavy (non-hydrogen) atoms. The molecule has 1 heterocycles. The molecule has 0 aliphatic carbocycles. The van der Waals surface area contributed by atoms with Crippen molar-refractivity contribution in [2.45, 2.75) is 12.7 Å². The van der Waals surface area contributed by atoms with Crippen LogP contribution in [0.4, 0.5) is 18.9 Å². The number of hydrogen-bond acceptors (Lipinski definition) is 2. The molecule has 2 rings (SSSR count). The van der Waals surface area contributed by atoms with Gasteiger partial charge in [-0.25, -0.2) is 0 Å². The van der Waals surface area contributed by atoms with Gasteiger partial charge in [0.05, 0.1) is 17.1 Å². The number of halogens is 4. The van der Waals surface area contributed by atoms with Crippen LogP contribution in [0.3, 0.4) is 0 Å². The normalized spacial score (nSPS) is 11.6. The third kappa shape index (κ3) is 3.64. The van der Waals surface area contributed by atoms with Gasteiger partial charge in [0.1, 0.15) is 0 Å². The Labute approximate surface area is 113 Å². The largest absolute Gasteiger partial charge is 0.417 e. The lowest BCUT2D eigenvalue weighted by Gasteiger charge is -2.12. The van der Waals surface area contributed by atoms with Crippen molar-refractivity contribution in [3.63, 3.8) is 0 Å². The minimum absolute atomic E-state index is 0.301. The number of aromatic nitrogens is 2. The molecule has 1 N–H and O–H groups in total. The molecule has 0 aliphatic heterocycles. The lowest BCUT2D eigenvalue weighted by Crippen LogP contribution is -2.12. The van der Waals surface area contributed by atoms with E-state index in [9.17, 15) is 13.2 Å². The first-order chi connectivity index (χ1) is 8.97. The number of nitrogens with zero attached hydrogens (tertiary/aromatic N) is 2. The number of alkyl halides is 3. The molecule has 1 aromatic heterocycles. The van der Waals surface area contributed by atoms with Gasteiger partial charge in [0.15, 0.2) is 0 Å². The van der Waals surface area contributed by atoms with E-state index in [1.807, 2.05) is 0 Å². The third-order valence-corrected chi connectivity index (χ3v) is 2.83. The minimum Gasteiger partial charge on any atom is -0.383 e. The van der Waals surface area contributed by atoms with E-state index in [1.165, 1.54) is 12.1 Å². The fraction of sp³-hybridized carbons (Fsp3) is 0.250. The monoisotopic (exact) mass is 289 g/mol. The van der Waals surface area contributed by atoms with E-state index in [-0.39, 0.29) is 5.02 Å². The van der Waals surface area contributed by atoms with Crippen LogP contribution in [0, 0.1) is 0 Å². The predicted octanol–water partition coefficient (Wildman–Crippen LogP) is 3.67. The summed E-state index contributed by atoms with van der Waals surface area (Å²) in [6.07, 6.45) is -1.02. The topological polar surface area (TPSA) is 29.9 Å². The van der Waals surface area contributed by atoms with Crippen LogP contribution < -0.4 is 5.32 Å². The van der Waals surface area contributed by atoms with Crippen LogP contribution in [0.15, 0.2) is 36.7 Å². The zero-order valence-electron chi connectivity index (χ0n) is 9.78. The highest BCUT2D eigenvalue weighted by atomic mass is 35.5. The summed E-state index contributed by atoms with van der Waals surface area (Å²) in [7, 11) is 0. The first kappa shape index (κ1) is 13.7. The molecule has 0 saturated carbocycles. The molecule has 102 valence electrons. The SMILES string of the molecule is FC(F)(F)c1cc(NCCn2cccn2)ccc1Cl. The molecule has 3 nitrogen and oxygen atoms in total. The number of nitrogens with one attached hydrogen (secondary N) is 1. The summed E-state index contributed by atoms with van der Waals surface area (Å²) in [4.78, 5) is 0. The molecular weight excluding hydrogens is 279 g/mol. The zero-order chi connectivity index (χ0) is 13.9. The second-order valence-electron chi connectivity index (χ2n) is 3.89. The van der Waals surface area contributed by atoms with Crippen molar-refractivity contribution in [3.8, 4) is 0 Å². The summed E-state index contributed by atoms with van der Waals surface area (Å²) in [5.74, 6) is 0. The average molecular weight is 290 g/mol. The van der Waals surface area contributed by atoms with Crippen molar-refractivity contribution in [3.05, 3.63) is 47.2 Å². The van der Waals surface area contributed by atoms with E-state index in [1.54, 1.807) is 23.1 Å². The summed E-state index contributed by atoms with van der Waals surface area (Å²) < 4.78 is 39.6. The van der Waals surface area contributed by atoms with Crippen molar-refractivity contribution < 1.29 is 13.2 Å². The molecule has 0 fully saturated rings. The van der Waals surface area contributed by atoms with Gasteiger partial charge in [-0.2, -0.15) is 18.3 Å². The van der Waals surface area contributed by atoms with Crippen molar-refractivity contribution in [1.29, 1.82) is 0 Å². The maximum Gasteiger partial charge on any atom is 0.417 e. The van der Waals surface area contributed by atoms with E-state index in [0.717, 1.165) is 6.07 Å². The number of hydrogen-bond donors (Lipinski definition) is 1. The zero-order valence-corrected chi connectivity index (χ0v) is 10.5. The molecule has 0 unspecified atom stereocenters. The van der Waals surface area contributed by atoms with Crippen molar-refractivity contribution in [2.24, 2.45) is 0 Å². The highest BCUT2D eigenvalue weighted by Gasteiger charge is 2.33. The fourth-order valence-corrected chi connectivity index (χ4v) is 1.82. The lowest BCUT2D eigenvalue weighted by molar-refractivity contribution is -0.137. The van der Waals surface area contributed by atoms with E-state index in [2.05, 4.69) is 10.4 Å². The predicted molar refractivity (Wildman–Crippen MR) is 67.2 cm³/mol. The Morgan fingerprint density at radius 3 is 2.74 bits per heavy atom. The van der Waals surface area contributed by atoms with Crippen molar-refractivity contribution in [1.82, 2.24) is 9.78 Å². The van der Waals surface area contributed by atoms with Crippen LogP contribution in [-0.2, 0) is 12.7 Å². The molecule has 0 amide bonds. The van der Waals surface area contributed by atoms with Crippen LogP contribution >= 0.6 is 11.6 Å². The molecule has 2 aromatic rings. The quantitative estimate of drug-likeness (QED) is 0.931. The second-order valence-corrected chi connectivity index (χ2v) is 4.30. The van der Waals surface area contributed by atoms with Crippen LogP contribution in [0.5, 0.6) is 0 Å². The molecule has 0 radical (unpaired) electrons. The van der Waals surface area contributed by atoms with Gasteiger partial charge >= 0.3 is 6.18 Å². The van der Waals surface area contributed by atoms with Crippen LogP contribution in [0.1, 0.15) is 5.56 Å². The van der Waals surface area contributed by atoms with Gasteiger partial charge in [0.2, 0.25) is 0 Å². The molecular formula is C12H11ClF3N3. The second kappa shape index (κ2) is 5.52. The van der Waals surface area contributed by atoms with Crippen molar-refractivity contribution >= 4 is 17.3 Å². The number of rotatable bonds is 4. The smallest absolute Gasteiger partial charge is 0.383 e. The average Bonchev–Trinajstić information content (AvgIpc) is 2.83.